The van der Waals surface area contributed by atoms with Gasteiger partial charge in [0.2, 0.25) is 0 Å². The van der Waals surface area contributed by atoms with Gasteiger partial charge in [0.25, 0.3) is 0 Å². The minimum Gasteiger partial charge on any atom is -0.423 e. The molecule has 2 rings (SSSR count). The third-order valence-electron chi connectivity index (χ3n) is 1.80. The lowest BCUT2D eigenvalue weighted by Gasteiger charge is -2.00. The Morgan fingerprint density at radius 3 is 2.69 bits per heavy atom. The Balaban J connectivity index is 2.94. The topological polar surface area (TPSA) is 82.2 Å². The third-order valence-corrected chi connectivity index (χ3v) is 1.80. The number of nitrogen functional groups attached to an aromatic ring is 2. The number of fused-ring (bicyclic) bond motifs is 1. The quantitative estimate of drug-likeness (QED) is 0.462. The molecule has 0 aliphatic rings. The Kier molecular flexibility index (Phi) is 1.48. The van der Waals surface area contributed by atoms with Gasteiger partial charge in [0.1, 0.15) is 5.58 Å². The third kappa shape index (κ3) is 1.22. The maximum Gasteiger partial charge on any atom is 0.338 e. The summed E-state index contributed by atoms with van der Waals surface area (Å²) in [5.74, 6) is 0. The number of anilines is 2. The second kappa shape index (κ2) is 2.52. The zero-order valence-corrected chi connectivity index (χ0v) is 6.78. The minimum absolute atomic E-state index is 0.409. The van der Waals surface area contributed by atoms with Crippen LogP contribution < -0.4 is 17.1 Å². The molecule has 0 fully saturated rings. The predicted octanol–water partition coefficient (Wildman–Crippen LogP) is 0.957. The first-order valence-electron chi connectivity index (χ1n) is 3.76. The summed E-state index contributed by atoms with van der Waals surface area (Å²) in [4.78, 5) is 10.9. The summed E-state index contributed by atoms with van der Waals surface area (Å²) in [7, 11) is 0. The van der Waals surface area contributed by atoms with E-state index in [0.29, 0.717) is 22.3 Å². The van der Waals surface area contributed by atoms with Crippen LogP contribution in [0, 0.1) is 0 Å². The van der Waals surface area contributed by atoms with E-state index in [9.17, 15) is 4.79 Å². The maximum absolute atomic E-state index is 10.9. The molecule has 0 amide bonds. The van der Waals surface area contributed by atoms with E-state index in [4.69, 9.17) is 15.9 Å². The molecule has 0 unspecified atom stereocenters. The normalized spacial score (nSPS) is 10.5. The van der Waals surface area contributed by atoms with Gasteiger partial charge in [-0.2, -0.15) is 0 Å². The molecule has 13 heavy (non-hydrogen) atoms. The fraction of sp³-hybridized carbons (Fsp3) is 0. The molecule has 0 saturated heterocycles. The van der Waals surface area contributed by atoms with Gasteiger partial charge in [-0.05, 0) is 12.1 Å². The molecule has 0 saturated carbocycles. The van der Waals surface area contributed by atoms with Crippen LogP contribution in [0.3, 0.4) is 0 Å². The van der Waals surface area contributed by atoms with Gasteiger partial charge in [-0.25, -0.2) is 4.79 Å². The molecular formula is C9H8N2O2. The lowest BCUT2D eigenvalue weighted by atomic mass is 10.2. The molecule has 0 aliphatic heterocycles. The zero-order valence-electron chi connectivity index (χ0n) is 6.78. The summed E-state index contributed by atoms with van der Waals surface area (Å²) in [6, 6.07) is 6.26. The van der Waals surface area contributed by atoms with E-state index in [2.05, 4.69) is 0 Å². The van der Waals surface area contributed by atoms with Crippen molar-refractivity contribution >= 4 is 22.3 Å². The van der Waals surface area contributed by atoms with Crippen LogP contribution in [0.4, 0.5) is 11.4 Å². The monoisotopic (exact) mass is 176 g/mol. The Morgan fingerprint density at radius 1 is 1.15 bits per heavy atom. The Bertz CT molecular complexity index is 516. The molecule has 0 spiro atoms. The lowest BCUT2D eigenvalue weighted by molar-refractivity contribution is 0.562. The second-order valence-electron chi connectivity index (χ2n) is 2.78. The molecule has 4 N–H and O–H groups in total. The van der Waals surface area contributed by atoms with Crippen molar-refractivity contribution < 1.29 is 4.42 Å². The van der Waals surface area contributed by atoms with E-state index < -0.39 is 5.63 Å². The summed E-state index contributed by atoms with van der Waals surface area (Å²) in [5, 5.41) is 0.703. The van der Waals surface area contributed by atoms with Crippen molar-refractivity contribution in [3.63, 3.8) is 0 Å². The van der Waals surface area contributed by atoms with E-state index in [1.165, 1.54) is 6.07 Å². The maximum atomic E-state index is 10.9. The number of hydrogen-bond acceptors (Lipinski definition) is 4. The predicted molar refractivity (Wildman–Crippen MR) is 51.3 cm³/mol. The Hall–Kier alpha value is -1.97. The summed E-state index contributed by atoms with van der Waals surface area (Å²) in [5.41, 5.74) is 12.0. The largest absolute Gasteiger partial charge is 0.423 e. The average Bonchev–Trinajstić information content (AvgIpc) is 2.02. The Morgan fingerprint density at radius 2 is 1.92 bits per heavy atom. The first kappa shape index (κ1) is 7.67. The molecule has 1 heterocycles. The molecule has 0 bridgehead atoms. The van der Waals surface area contributed by atoms with E-state index in [-0.39, 0.29) is 0 Å². The van der Waals surface area contributed by atoms with Crippen LogP contribution in [0.1, 0.15) is 0 Å². The van der Waals surface area contributed by atoms with E-state index in [0.717, 1.165) is 0 Å². The summed E-state index contributed by atoms with van der Waals surface area (Å²) in [6.07, 6.45) is 0. The molecule has 0 aliphatic carbocycles. The van der Waals surface area contributed by atoms with Crippen molar-refractivity contribution in [2.24, 2.45) is 0 Å². The first-order chi connectivity index (χ1) is 6.16. The van der Waals surface area contributed by atoms with Gasteiger partial charge in [0.15, 0.2) is 0 Å². The smallest absolute Gasteiger partial charge is 0.338 e. The fourth-order valence-corrected chi connectivity index (χ4v) is 1.20. The number of hydrogen-bond donors (Lipinski definition) is 2. The van der Waals surface area contributed by atoms with Crippen molar-refractivity contribution in [1.29, 1.82) is 0 Å². The van der Waals surface area contributed by atoms with Crippen LogP contribution in [-0.2, 0) is 0 Å². The molecule has 66 valence electrons. The van der Waals surface area contributed by atoms with Crippen LogP contribution in [-0.4, -0.2) is 0 Å². The molecule has 2 aromatic rings. The van der Waals surface area contributed by atoms with Gasteiger partial charge in [-0.1, -0.05) is 0 Å². The highest BCUT2D eigenvalue weighted by atomic mass is 16.4. The van der Waals surface area contributed by atoms with Crippen molar-refractivity contribution in [2.75, 3.05) is 11.5 Å². The van der Waals surface area contributed by atoms with E-state index >= 15 is 0 Å². The van der Waals surface area contributed by atoms with Gasteiger partial charge in [-0.15, -0.1) is 0 Å². The average molecular weight is 176 g/mol. The summed E-state index contributed by atoms with van der Waals surface area (Å²) >= 11 is 0. The number of benzene rings is 1. The van der Waals surface area contributed by atoms with Crippen LogP contribution in [0.5, 0.6) is 0 Å². The lowest BCUT2D eigenvalue weighted by Crippen LogP contribution is -2.00. The second-order valence-corrected chi connectivity index (χ2v) is 2.78. The van der Waals surface area contributed by atoms with E-state index in [1.54, 1.807) is 18.2 Å². The van der Waals surface area contributed by atoms with Gasteiger partial charge in [0.05, 0.1) is 0 Å². The zero-order chi connectivity index (χ0) is 9.42. The minimum atomic E-state index is -0.462. The highest BCUT2D eigenvalue weighted by Gasteiger charge is 2.01. The van der Waals surface area contributed by atoms with Gasteiger partial charge < -0.3 is 15.9 Å². The molecule has 4 heteroatoms. The van der Waals surface area contributed by atoms with Crippen LogP contribution in [0.15, 0.2) is 33.5 Å². The molecule has 1 aromatic heterocycles. The number of nitrogens with two attached hydrogens (primary N) is 2. The number of rotatable bonds is 0. The molecule has 0 radical (unpaired) electrons. The van der Waals surface area contributed by atoms with Gasteiger partial charge in [-0.3, -0.25) is 0 Å². The van der Waals surface area contributed by atoms with Gasteiger partial charge >= 0.3 is 5.63 Å². The summed E-state index contributed by atoms with van der Waals surface area (Å²) < 4.78 is 4.91. The molecule has 1 aromatic carbocycles. The van der Waals surface area contributed by atoms with Crippen molar-refractivity contribution in [2.45, 2.75) is 0 Å². The first-order valence-corrected chi connectivity index (χ1v) is 3.76. The Labute approximate surface area is 73.8 Å². The van der Waals surface area contributed by atoms with E-state index in [1.807, 2.05) is 0 Å². The highest BCUT2D eigenvalue weighted by molar-refractivity contribution is 5.90. The van der Waals surface area contributed by atoms with Gasteiger partial charge in [0, 0.05) is 28.9 Å². The van der Waals surface area contributed by atoms with Crippen molar-refractivity contribution in [1.82, 2.24) is 0 Å². The summed E-state index contributed by atoms with van der Waals surface area (Å²) in [6.45, 7) is 0. The van der Waals surface area contributed by atoms with Crippen molar-refractivity contribution in [3.8, 4) is 0 Å². The van der Waals surface area contributed by atoms with Crippen LogP contribution >= 0.6 is 0 Å². The van der Waals surface area contributed by atoms with Crippen LogP contribution in [0.25, 0.3) is 11.0 Å². The van der Waals surface area contributed by atoms with Crippen molar-refractivity contribution in [3.05, 3.63) is 34.7 Å². The van der Waals surface area contributed by atoms with Crippen LogP contribution in [0.2, 0.25) is 0 Å². The SMILES string of the molecule is Nc1ccc2c(N)cc(=O)oc2c1. The fourth-order valence-electron chi connectivity index (χ4n) is 1.20. The highest BCUT2D eigenvalue weighted by Crippen LogP contribution is 2.20. The molecule has 0 atom stereocenters. The molecule has 4 nitrogen and oxygen atoms in total. The standard InChI is InChI=1S/C9H8N2O2/c10-5-1-2-6-7(11)4-9(12)13-8(6)3-5/h1-4H,10-11H2. The molecular weight excluding hydrogens is 168 g/mol.